The van der Waals surface area contributed by atoms with Crippen molar-refractivity contribution in [1.29, 1.82) is 0 Å². The number of benzene rings is 1. The first-order chi connectivity index (χ1) is 7.58. The van der Waals surface area contributed by atoms with E-state index in [1.54, 1.807) is 0 Å². The Kier molecular flexibility index (Phi) is 5.36. The van der Waals surface area contributed by atoms with Crippen LogP contribution in [0.25, 0.3) is 0 Å². The van der Waals surface area contributed by atoms with Crippen molar-refractivity contribution in [3.63, 3.8) is 0 Å². The molecule has 0 aliphatic heterocycles. The van der Waals surface area contributed by atoms with Gasteiger partial charge in [-0.25, -0.2) is 0 Å². The predicted molar refractivity (Wildman–Crippen MR) is 69.2 cm³/mol. The zero-order valence-corrected chi connectivity index (χ0v) is 10.6. The van der Waals surface area contributed by atoms with Gasteiger partial charge in [0.05, 0.1) is 0 Å². The Morgan fingerprint density at radius 3 is 2.56 bits per heavy atom. The van der Waals surface area contributed by atoms with Crippen molar-refractivity contribution in [2.24, 2.45) is 0 Å². The van der Waals surface area contributed by atoms with Crippen LogP contribution in [0, 0.1) is 0 Å². The molecular weight excluding hydrogens is 222 g/mol. The molecule has 0 aliphatic carbocycles. The highest BCUT2D eigenvalue weighted by atomic mass is 35.5. The summed E-state index contributed by atoms with van der Waals surface area (Å²) in [4.78, 5) is 0. The standard InChI is InChI=1S/C13H18ClNO/c1-10(2)15-8-11(3)9-16-13-6-4-12(14)5-7-13/h4-7,10,15H,3,8-9H2,1-2H3. The molecule has 2 nitrogen and oxygen atoms in total. The molecule has 1 rings (SSSR count). The second kappa shape index (κ2) is 6.56. The van der Waals surface area contributed by atoms with Crippen molar-refractivity contribution in [3.8, 4) is 5.75 Å². The molecule has 0 radical (unpaired) electrons. The van der Waals surface area contributed by atoms with Gasteiger partial charge in [-0.15, -0.1) is 0 Å². The first kappa shape index (κ1) is 13.1. The van der Waals surface area contributed by atoms with E-state index < -0.39 is 0 Å². The first-order valence-electron chi connectivity index (χ1n) is 5.36. The van der Waals surface area contributed by atoms with Gasteiger partial charge in [-0.3, -0.25) is 0 Å². The van der Waals surface area contributed by atoms with Crippen molar-refractivity contribution >= 4 is 11.6 Å². The van der Waals surface area contributed by atoms with E-state index in [1.807, 2.05) is 24.3 Å². The lowest BCUT2D eigenvalue weighted by Gasteiger charge is -2.11. The average molecular weight is 240 g/mol. The maximum Gasteiger partial charge on any atom is 0.119 e. The molecule has 0 heterocycles. The van der Waals surface area contributed by atoms with E-state index in [9.17, 15) is 0 Å². The van der Waals surface area contributed by atoms with Gasteiger partial charge in [-0.1, -0.05) is 32.0 Å². The quantitative estimate of drug-likeness (QED) is 0.770. The summed E-state index contributed by atoms with van der Waals surface area (Å²) < 4.78 is 5.56. The molecule has 0 unspecified atom stereocenters. The number of rotatable bonds is 6. The second-order valence-electron chi connectivity index (χ2n) is 4.03. The highest BCUT2D eigenvalue weighted by Gasteiger charge is 1.98. The van der Waals surface area contributed by atoms with Gasteiger partial charge >= 0.3 is 0 Å². The van der Waals surface area contributed by atoms with E-state index in [0.29, 0.717) is 17.7 Å². The fourth-order valence-corrected chi connectivity index (χ4v) is 1.24. The van der Waals surface area contributed by atoms with Crippen LogP contribution in [0.1, 0.15) is 13.8 Å². The Hall–Kier alpha value is -0.990. The molecule has 0 fully saturated rings. The SMILES string of the molecule is C=C(CNC(C)C)COc1ccc(Cl)cc1. The van der Waals surface area contributed by atoms with Gasteiger partial charge in [0.15, 0.2) is 0 Å². The molecule has 0 saturated heterocycles. The molecule has 0 bridgehead atoms. The normalized spacial score (nSPS) is 10.5. The summed E-state index contributed by atoms with van der Waals surface area (Å²) in [5.41, 5.74) is 1.03. The number of halogens is 1. The van der Waals surface area contributed by atoms with E-state index in [1.165, 1.54) is 0 Å². The molecule has 0 atom stereocenters. The van der Waals surface area contributed by atoms with Crippen molar-refractivity contribution in [2.45, 2.75) is 19.9 Å². The van der Waals surface area contributed by atoms with Crippen molar-refractivity contribution in [3.05, 3.63) is 41.4 Å². The van der Waals surface area contributed by atoms with Crippen LogP contribution >= 0.6 is 11.6 Å². The number of nitrogens with one attached hydrogen (secondary N) is 1. The fourth-order valence-electron chi connectivity index (χ4n) is 1.12. The predicted octanol–water partition coefficient (Wildman–Crippen LogP) is 3.27. The van der Waals surface area contributed by atoms with E-state index in [-0.39, 0.29) is 0 Å². The molecule has 0 aliphatic rings. The van der Waals surface area contributed by atoms with Crippen LogP contribution < -0.4 is 10.1 Å². The Morgan fingerprint density at radius 1 is 1.38 bits per heavy atom. The Bertz CT molecular complexity index is 332. The zero-order valence-electron chi connectivity index (χ0n) is 9.79. The van der Waals surface area contributed by atoms with E-state index in [4.69, 9.17) is 16.3 Å². The molecule has 3 heteroatoms. The van der Waals surface area contributed by atoms with Gasteiger partial charge in [0, 0.05) is 17.6 Å². The molecule has 1 N–H and O–H groups in total. The van der Waals surface area contributed by atoms with Gasteiger partial charge in [-0.2, -0.15) is 0 Å². The Morgan fingerprint density at radius 2 is 2.00 bits per heavy atom. The zero-order chi connectivity index (χ0) is 12.0. The smallest absolute Gasteiger partial charge is 0.119 e. The van der Waals surface area contributed by atoms with Crippen LogP contribution in [0.3, 0.4) is 0 Å². The van der Waals surface area contributed by atoms with Gasteiger partial charge in [-0.05, 0) is 29.8 Å². The van der Waals surface area contributed by atoms with Crippen LogP contribution in [0.5, 0.6) is 5.75 Å². The van der Waals surface area contributed by atoms with Gasteiger partial charge in [0.25, 0.3) is 0 Å². The minimum Gasteiger partial charge on any atom is -0.489 e. The molecule has 0 aromatic heterocycles. The summed E-state index contributed by atoms with van der Waals surface area (Å²) in [7, 11) is 0. The largest absolute Gasteiger partial charge is 0.489 e. The summed E-state index contributed by atoms with van der Waals surface area (Å²) in [6.45, 7) is 9.47. The number of hydrogen-bond donors (Lipinski definition) is 1. The average Bonchev–Trinajstić information content (AvgIpc) is 2.25. The van der Waals surface area contributed by atoms with Gasteiger partial charge in [0.2, 0.25) is 0 Å². The Balaban J connectivity index is 2.29. The van der Waals surface area contributed by atoms with Crippen LogP contribution in [-0.2, 0) is 0 Å². The third-order valence-electron chi connectivity index (χ3n) is 2.02. The van der Waals surface area contributed by atoms with Crippen molar-refractivity contribution < 1.29 is 4.74 Å². The van der Waals surface area contributed by atoms with Crippen molar-refractivity contribution in [1.82, 2.24) is 5.32 Å². The van der Waals surface area contributed by atoms with Crippen molar-refractivity contribution in [2.75, 3.05) is 13.2 Å². The minimum atomic E-state index is 0.465. The lowest BCUT2D eigenvalue weighted by Crippen LogP contribution is -2.26. The molecule has 0 spiro atoms. The third-order valence-corrected chi connectivity index (χ3v) is 2.27. The molecule has 1 aromatic rings. The highest BCUT2D eigenvalue weighted by Crippen LogP contribution is 2.15. The lowest BCUT2D eigenvalue weighted by atomic mass is 10.3. The number of ether oxygens (including phenoxy) is 1. The summed E-state index contributed by atoms with van der Waals surface area (Å²) in [5.74, 6) is 0.815. The topological polar surface area (TPSA) is 21.3 Å². The summed E-state index contributed by atoms with van der Waals surface area (Å²) in [6, 6.07) is 7.79. The maximum atomic E-state index is 5.78. The molecule has 16 heavy (non-hydrogen) atoms. The van der Waals surface area contributed by atoms with Crippen LogP contribution in [0.15, 0.2) is 36.4 Å². The molecule has 1 aromatic carbocycles. The van der Waals surface area contributed by atoms with Crippen LogP contribution in [0.4, 0.5) is 0 Å². The summed E-state index contributed by atoms with van der Waals surface area (Å²) >= 11 is 5.78. The highest BCUT2D eigenvalue weighted by molar-refractivity contribution is 6.30. The lowest BCUT2D eigenvalue weighted by molar-refractivity contribution is 0.347. The van der Waals surface area contributed by atoms with Gasteiger partial charge < -0.3 is 10.1 Å². The van der Waals surface area contributed by atoms with E-state index in [2.05, 4.69) is 25.7 Å². The van der Waals surface area contributed by atoms with Gasteiger partial charge in [0.1, 0.15) is 12.4 Å². The van der Waals surface area contributed by atoms with E-state index >= 15 is 0 Å². The Labute approximate surface area is 102 Å². The number of hydrogen-bond acceptors (Lipinski definition) is 2. The minimum absolute atomic E-state index is 0.465. The molecular formula is C13H18ClNO. The first-order valence-corrected chi connectivity index (χ1v) is 5.74. The van der Waals surface area contributed by atoms with E-state index in [0.717, 1.165) is 17.9 Å². The monoisotopic (exact) mass is 239 g/mol. The van der Waals surface area contributed by atoms with Crippen LogP contribution in [0.2, 0.25) is 5.02 Å². The maximum absolute atomic E-state index is 5.78. The third kappa shape index (κ3) is 5.19. The molecule has 0 amide bonds. The summed E-state index contributed by atoms with van der Waals surface area (Å²) in [6.07, 6.45) is 0. The molecule has 0 saturated carbocycles. The summed E-state index contributed by atoms with van der Waals surface area (Å²) in [5, 5.41) is 4.01. The van der Waals surface area contributed by atoms with Crippen LogP contribution in [-0.4, -0.2) is 19.2 Å². The second-order valence-corrected chi connectivity index (χ2v) is 4.46. The fraction of sp³-hybridized carbons (Fsp3) is 0.385. The molecule has 88 valence electrons.